The van der Waals surface area contributed by atoms with Gasteiger partial charge in [0.05, 0.1) is 11.4 Å². The van der Waals surface area contributed by atoms with Gasteiger partial charge in [0.2, 0.25) is 0 Å². The fourth-order valence-corrected chi connectivity index (χ4v) is 3.67. The maximum Gasteiger partial charge on any atom is 0.254 e. The van der Waals surface area contributed by atoms with E-state index in [4.69, 9.17) is 4.74 Å². The van der Waals surface area contributed by atoms with Crippen LogP contribution in [0.1, 0.15) is 29.8 Å². The molecule has 1 amide bonds. The highest BCUT2D eigenvalue weighted by Gasteiger charge is 2.35. The minimum Gasteiger partial charge on any atom is -0.380 e. The predicted octanol–water partition coefficient (Wildman–Crippen LogP) is 1.82. The number of methoxy groups -OCH3 is 1. The summed E-state index contributed by atoms with van der Waals surface area (Å²) in [7, 11) is 0.748. The van der Waals surface area contributed by atoms with Crippen LogP contribution in [-0.2, 0) is 22.1 Å². The second-order valence-corrected chi connectivity index (χ2v) is 7.83. The van der Waals surface area contributed by atoms with Crippen molar-refractivity contribution in [1.29, 1.82) is 0 Å². The largest absolute Gasteiger partial charge is 0.380 e. The predicted molar refractivity (Wildman–Crippen MR) is 80.1 cm³/mol. The summed E-state index contributed by atoms with van der Waals surface area (Å²) < 4.78 is 16.7. The Balaban J connectivity index is 2.22. The number of hydrogen-bond acceptors (Lipinski definition) is 3. The number of nitrogens with zero attached hydrogens (tertiary/aromatic N) is 1. The lowest BCUT2D eigenvalue weighted by molar-refractivity contribution is 0.0741. The molecule has 1 aromatic rings. The zero-order chi connectivity index (χ0) is 14.8. The second-order valence-electron chi connectivity index (χ2n) is 5.63. The number of hydrogen-bond donors (Lipinski definition) is 0. The standard InChI is InChI=1S/C15H21NO3S/c1-15(2)11-16(8-9-20(15)18)14(17)13-7-5-4-6-12(13)10-19-3/h4-7H,8-11H2,1-3H3. The Kier molecular flexibility index (Phi) is 4.60. The first kappa shape index (κ1) is 15.2. The molecule has 1 saturated heterocycles. The van der Waals surface area contributed by atoms with E-state index in [2.05, 4.69) is 0 Å². The van der Waals surface area contributed by atoms with Crippen LogP contribution in [0, 0.1) is 0 Å². The van der Waals surface area contributed by atoms with Gasteiger partial charge in [-0.3, -0.25) is 9.00 Å². The molecule has 1 aromatic carbocycles. The van der Waals surface area contributed by atoms with Gasteiger partial charge < -0.3 is 9.64 Å². The maximum atomic E-state index is 12.7. The Morgan fingerprint density at radius 2 is 2.10 bits per heavy atom. The molecule has 0 saturated carbocycles. The van der Waals surface area contributed by atoms with E-state index in [0.717, 1.165) is 5.56 Å². The number of amides is 1. The van der Waals surface area contributed by atoms with Crippen molar-refractivity contribution in [3.05, 3.63) is 35.4 Å². The Morgan fingerprint density at radius 1 is 1.40 bits per heavy atom. The van der Waals surface area contributed by atoms with Crippen molar-refractivity contribution in [2.75, 3.05) is 26.0 Å². The molecule has 1 aliphatic heterocycles. The van der Waals surface area contributed by atoms with E-state index in [0.29, 0.717) is 31.0 Å². The van der Waals surface area contributed by atoms with E-state index in [9.17, 15) is 9.00 Å². The minimum atomic E-state index is -0.871. The molecule has 2 rings (SSSR count). The van der Waals surface area contributed by atoms with Gasteiger partial charge in [0, 0.05) is 42.3 Å². The highest BCUT2D eigenvalue weighted by atomic mass is 32.2. The molecule has 1 aliphatic rings. The maximum absolute atomic E-state index is 12.7. The lowest BCUT2D eigenvalue weighted by Gasteiger charge is -2.37. The molecule has 0 spiro atoms. The van der Waals surface area contributed by atoms with Gasteiger partial charge in [-0.25, -0.2) is 0 Å². The molecule has 0 aromatic heterocycles. The zero-order valence-electron chi connectivity index (χ0n) is 12.2. The summed E-state index contributed by atoms with van der Waals surface area (Å²) in [6, 6.07) is 7.50. The third-order valence-corrected chi connectivity index (χ3v) is 5.48. The summed E-state index contributed by atoms with van der Waals surface area (Å²) in [6.07, 6.45) is 0. The first-order valence-corrected chi connectivity index (χ1v) is 8.02. The smallest absolute Gasteiger partial charge is 0.254 e. The van der Waals surface area contributed by atoms with Crippen molar-refractivity contribution in [2.24, 2.45) is 0 Å². The molecule has 0 aliphatic carbocycles. The second kappa shape index (κ2) is 6.06. The average molecular weight is 295 g/mol. The minimum absolute atomic E-state index is 0.00225. The van der Waals surface area contributed by atoms with Gasteiger partial charge in [-0.2, -0.15) is 0 Å². The van der Waals surface area contributed by atoms with Crippen molar-refractivity contribution in [1.82, 2.24) is 4.90 Å². The molecular formula is C15H21NO3S. The lowest BCUT2D eigenvalue weighted by atomic mass is 10.1. The van der Waals surface area contributed by atoms with Gasteiger partial charge >= 0.3 is 0 Å². The highest BCUT2D eigenvalue weighted by Crippen LogP contribution is 2.22. The molecule has 1 fully saturated rings. The number of ether oxygens (including phenoxy) is 1. The van der Waals surface area contributed by atoms with Crippen LogP contribution in [0.4, 0.5) is 0 Å². The Morgan fingerprint density at radius 3 is 2.75 bits per heavy atom. The van der Waals surface area contributed by atoms with E-state index < -0.39 is 10.8 Å². The van der Waals surface area contributed by atoms with Gasteiger partial charge in [0.25, 0.3) is 5.91 Å². The van der Waals surface area contributed by atoms with Gasteiger partial charge in [0.1, 0.15) is 0 Å². The fourth-order valence-electron chi connectivity index (χ4n) is 2.43. The third-order valence-electron chi connectivity index (χ3n) is 3.57. The molecule has 0 bridgehead atoms. The van der Waals surface area contributed by atoms with E-state index in [-0.39, 0.29) is 10.7 Å². The number of rotatable bonds is 3. The molecule has 5 heteroatoms. The van der Waals surface area contributed by atoms with Crippen LogP contribution in [-0.4, -0.2) is 45.7 Å². The van der Waals surface area contributed by atoms with Crippen molar-refractivity contribution >= 4 is 16.7 Å². The lowest BCUT2D eigenvalue weighted by Crippen LogP contribution is -2.52. The first-order valence-electron chi connectivity index (χ1n) is 6.70. The SMILES string of the molecule is COCc1ccccc1C(=O)N1CCS(=O)C(C)(C)C1. The molecular weight excluding hydrogens is 274 g/mol. The van der Waals surface area contributed by atoms with Crippen LogP contribution in [0.5, 0.6) is 0 Å². The molecule has 1 atom stereocenters. The van der Waals surface area contributed by atoms with Crippen molar-refractivity contribution < 1.29 is 13.7 Å². The van der Waals surface area contributed by atoms with E-state index in [1.807, 2.05) is 38.1 Å². The molecule has 1 heterocycles. The molecule has 0 radical (unpaired) electrons. The summed E-state index contributed by atoms with van der Waals surface area (Å²) in [4.78, 5) is 14.5. The van der Waals surface area contributed by atoms with Crippen LogP contribution >= 0.6 is 0 Å². The quantitative estimate of drug-likeness (QED) is 0.854. The molecule has 110 valence electrons. The van der Waals surface area contributed by atoms with Gasteiger partial charge in [-0.15, -0.1) is 0 Å². The summed E-state index contributed by atoms with van der Waals surface area (Å²) in [5, 5.41) is 0. The number of benzene rings is 1. The van der Waals surface area contributed by atoms with E-state index in [1.54, 1.807) is 12.0 Å². The van der Waals surface area contributed by atoms with Gasteiger partial charge in [-0.1, -0.05) is 18.2 Å². The van der Waals surface area contributed by atoms with Gasteiger partial charge in [-0.05, 0) is 25.5 Å². The summed E-state index contributed by atoms with van der Waals surface area (Å²) in [5.74, 6) is 0.549. The Labute approximate surface area is 122 Å². The van der Waals surface area contributed by atoms with Crippen LogP contribution < -0.4 is 0 Å². The summed E-state index contributed by atoms with van der Waals surface area (Å²) in [6.45, 7) is 5.40. The highest BCUT2D eigenvalue weighted by molar-refractivity contribution is 7.86. The van der Waals surface area contributed by atoms with E-state index in [1.165, 1.54) is 0 Å². The van der Waals surface area contributed by atoms with Crippen molar-refractivity contribution in [3.8, 4) is 0 Å². The third kappa shape index (κ3) is 3.10. The van der Waals surface area contributed by atoms with Crippen molar-refractivity contribution in [2.45, 2.75) is 25.2 Å². The molecule has 1 unspecified atom stereocenters. The first-order chi connectivity index (χ1) is 9.45. The van der Waals surface area contributed by atoms with Crippen LogP contribution in [0.15, 0.2) is 24.3 Å². The van der Waals surface area contributed by atoms with E-state index >= 15 is 0 Å². The van der Waals surface area contributed by atoms with Crippen LogP contribution in [0.25, 0.3) is 0 Å². The van der Waals surface area contributed by atoms with Crippen molar-refractivity contribution in [3.63, 3.8) is 0 Å². The number of carbonyl (C=O) groups is 1. The van der Waals surface area contributed by atoms with Crippen LogP contribution in [0.3, 0.4) is 0 Å². The van der Waals surface area contributed by atoms with Crippen LogP contribution in [0.2, 0.25) is 0 Å². The average Bonchev–Trinajstić information content (AvgIpc) is 2.42. The fraction of sp³-hybridized carbons (Fsp3) is 0.533. The summed E-state index contributed by atoms with van der Waals surface area (Å²) in [5.41, 5.74) is 1.57. The number of carbonyl (C=O) groups excluding carboxylic acids is 1. The Bertz CT molecular complexity index is 528. The monoisotopic (exact) mass is 295 g/mol. The Hall–Kier alpha value is -1.20. The summed E-state index contributed by atoms with van der Waals surface area (Å²) >= 11 is 0. The normalized spacial score (nSPS) is 21.8. The molecule has 0 N–H and O–H groups in total. The van der Waals surface area contributed by atoms with Gasteiger partial charge in [0.15, 0.2) is 0 Å². The zero-order valence-corrected chi connectivity index (χ0v) is 13.0. The molecule has 20 heavy (non-hydrogen) atoms. The molecule has 4 nitrogen and oxygen atoms in total. The topological polar surface area (TPSA) is 46.6 Å².